The van der Waals surface area contributed by atoms with Gasteiger partial charge in [0, 0.05) is 26.3 Å². The standard InChI is InChI=1S/C16H15N7/c1-10-13(5-17)12-3-4-23(8-11(12)6-18-10)16-19-7-14-15(21-16)20-9-22(14)2/h6-7,9H,3-4,8H2,1-2H3. The molecule has 0 aromatic carbocycles. The first-order chi connectivity index (χ1) is 11.2. The van der Waals surface area contributed by atoms with Crippen molar-refractivity contribution in [1.82, 2.24) is 24.5 Å². The lowest BCUT2D eigenvalue weighted by Crippen LogP contribution is -2.32. The van der Waals surface area contributed by atoms with Crippen LogP contribution in [0.15, 0.2) is 18.7 Å². The summed E-state index contributed by atoms with van der Waals surface area (Å²) in [6.07, 6.45) is 6.19. The fraction of sp³-hybridized carbons (Fsp3) is 0.312. The van der Waals surface area contributed by atoms with Crippen LogP contribution in [0.25, 0.3) is 11.2 Å². The van der Waals surface area contributed by atoms with Gasteiger partial charge in [0.25, 0.3) is 0 Å². The number of pyridine rings is 1. The molecule has 0 unspecified atom stereocenters. The quantitative estimate of drug-likeness (QED) is 0.677. The summed E-state index contributed by atoms with van der Waals surface area (Å²) in [5.74, 6) is 0.668. The van der Waals surface area contributed by atoms with Crippen molar-refractivity contribution in [1.29, 1.82) is 5.26 Å². The van der Waals surface area contributed by atoms with Crippen molar-refractivity contribution in [2.75, 3.05) is 11.4 Å². The molecule has 0 amide bonds. The summed E-state index contributed by atoms with van der Waals surface area (Å²) in [5.41, 5.74) is 5.30. The molecule has 0 atom stereocenters. The molecule has 0 N–H and O–H groups in total. The average Bonchev–Trinajstić information content (AvgIpc) is 2.95. The summed E-state index contributed by atoms with van der Waals surface area (Å²) in [6.45, 7) is 3.32. The molecule has 0 saturated carbocycles. The van der Waals surface area contributed by atoms with Crippen LogP contribution in [-0.4, -0.2) is 31.0 Å². The Hall–Kier alpha value is -3.01. The Morgan fingerprint density at radius 2 is 2.09 bits per heavy atom. The normalized spacial score (nSPS) is 13.9. The summed E-state index contributed by atoms with van der Waals surface area (Å²) in [6, 6.07) is 2.28. The number of hydrogen-bond acceptors (Lipinski definition) is 6. The van der Waals surface area contributed by atoms with Crippen molar-refractivity contribution in [2.24, 2.45) is 7.05 Å². The lowest BCUT2D eigenvalue weighted by atomic mass is 9.96. The molecule has 7 nitrogen and oxygen atoms in total. The number of imidazole rings is 1. The van der Waals surface area contributed by atoms with Gasteiger partial charge in [-0.3, -0.25) is 4.98 Å². The molecule has 0 saturated heterocycles. The van der Waals surface area contributed by atoms with Crippen LogP contribution < -0.4 is 4.90 Å². The molecule has 1 aliphatic heterocycles. The number of nitrogens with zero attached hydrogens (tertiary/aromatic N) is 7. The maximum absolute atomic E-state index is 9.34. The summed E-state index contributed by atoms with van der Waals surface area (Å²) >= 11 is 0. The van der Waals surface area contributed by atoms with Crippen molar-refractivity contribution in [3.63, 3.8) is 0 Å². The molecular weight excluding hydrogens is 290 g/mol. The van der Waals surface area contributed by atoms with Crippen molar-refractivity contribution in [3.8, 4) is 6.07 Å². The smallest absolute Gasteiger partial charge is 0.227 e. The molecule has 0 spiro atoms. The number of aromatic nitrogens is 5. The lowest BCUT2D eigenvalue weighted by molar-refractivity contribution is 0.702. The van der Waals surface area contributed by atoms with Gasteiger partial charge in [0.1, 0.15) is 11.6 Å². The second-order valence-corrected chi connectivity index (χ2v) is 5.74. The second kappa shape index (κ2) is 5.02. The van der Waals surface area contributed by atoms with Gasteiger partial charge in [-0.1, -0.05) is 0 Å². The molecule has 23 heavy (non-hydrogen) atoms. The fourth-order valence-corrected chi connectivity index (χ4v) is 3.03. The molecule has 4 rings (SSSR count). The largest absolute Gasteiger partial charge is 0.336 e. The first kappa shape index (κ1) is 13.6. The van der Waals surface area contributed by atoms with E-state index < -0.39 is 0 Å². The molecule has 114 valence electrons. The minimum Gasteiger partial charge on any atom is -0.336 e. The monoisotopic (exact) mass is 305 g/mol. The first-order valence-corrected chi connectivity index (χ1v) is 7.44. The molecule has 3 aromatic heterocycles. The van der Waals surface area contributed by atoms with E-state index in [4.69, 9.17) is 0 Å². The van der Waals surface area contributed by atoms with Gasteiger partial charge in [0.05, 0.1) is 23.8 Å². The van der Waals surface area contributed by atoms with E-state index in [-0.39, 0.29) is 0 Å². The fourth-order valence-electron chi connectivity index (χ4n) is 3.03. The first-order valence-electron chi connectivity index (χ1n) is 7.44. The van der Waals surface area contributed by atoms with Crippen LogP contribution in [0.2, 0.25) is 0 Å². The highest BCUT2D eigenvalue weighted by Crippen LogP contribution is 2.25. The molecule has 3 aromatic rings. The van der Waals surface area contributed by atoms with Crippen LogP contribution in [-0.2, 0) is 20.0 Å². The minimum atomic E-state index is 0.662. The number of aryl methyl sites for hydroxylation is 2. The molecule has 7 heteroatoms. The van der Waals surface area contributed by atoms with Crippen LogP contribution in [0.1, 0.15) is 22.4 Å². The van der Waals surface area contributed by atoms with Crippen LogP contribution in [0, 0.1) is 18.3 Å². The van der Waals surface area contributed by atoms with Gasteiger partial charge in [-0.2, -0.15) is 10.2 Å². The second-order valence-electron chi connectivity index (χ2n) is 5.74. The molecule has 4 heterocycles. The average molecular weight is 305 g/mol. The Morgan fingerprint density at radius 1 is 1.22 bits per heavy atom. The van der Waals surface area contributed by atoms with Gasteiger partial charge in [0.2, 0.25) is 5.95 Å². The predicted molar refractivity (Wildman–Crippen MR) is 84.7 cm³/mol. The van der Waals surface area contributed by atoms with Crippen molar-refractivity contribution in [2.45, 2.75) is 19.9 Å². The van der Waals surface area contributed by atoms with E-state index in [0.29, 0.717) is 23.7 Å². The predicted octanol–water partition coefficient (Wildman–Crippen LogP) is 1.50. The van der Waals surface area contributed by atoms with E-state index in [2.05, 4.69) is 30.9 Å². The Kier molecular flexibility index (Phi) is 2.98. The van der Waals surface area contributed by atoms with Crippen molar-refractivity contribution in [3.05, 3.63) is 41.1 Å². The van der Waals surface area contributed by atoms with Crippen molar-refractivity contribution >= 4 is 17.1 Å². The molecular formula is C16H15N7. The number of hydrogen-bond donors (Lipinski definition) is 0. The zero-order chi connectivity index (χ0) is 16.0. The van der Waals surface area contributed by atoms with Crippen LogP contribution in [0.5, 0.6) is 0 Å². The Balaban J connectivity index is 1.71. The minimum absolute atomic E-state index is 0.662. The van der Waals surface area contributed by atoms with Gasteiger partial charge in [-0.05, 0) is 24.5 Å². The topological polar surface area (TPSA) is 83.5 Å². The van der Waals surface area contributed by atoms with E-state index in [1.54, 1.807) is 12.5 Å². The number of anilines is 1. The summed E-state index contributed by atoms with van der Waals surface area (Å²) in [4.78, 5) is 19.7. The summed E-state index contributed by atoms with van der Waals surface area (Å²) in [7, 11) is 1.92. The molecule has 0 radical (unpaired) electrons. The van der Waals surface area contributed by atoms with Crippen molar-refractivity contribution < 1.29 is 0 Å². The zero-order valence-corrected chi connectivity index (χ0v) is 13.0. The SMILES string of the molecule is Cc1ncc2c(c1C#N)CCN(c1ncc3c(ncn3C)n1)C2. The molecule has 0 aliphatic carbocycles. The third-order valence-electron chi connectivity index (χ3n) is 4.32. The van der Waals surface area contributed by atoms with E-state index in [1.165, 1.54) is 0 Å². The van der Waals surface area contributed by atoms with Crippen LogP contribution >= 0.6 is 0 Å². The summed E-state index contributed by atoms with van der Waals surface area (Å²) < 4.78 is 1.90. The highest BCUT2D eigenvalue weighted by molar-refractivity contribution is 5.71. The third-order valence-corrected chi connectivity index (χ3v) is 4.32. The third kappa shape index (κ3) is 2.11. The molecule has 1 aliphatic rings. The maximum Gasteiger partial charge on any atom is 0.227 e. The number of nitriles is 1. The lowest BCUT2D eigenvalue weighted by Gasteiger charge is -2.29. The van der Waals surface area contributed by atoms with Gasteiger partial charge in [0.15, 0.2) is 5.65 Å². The molecule has 0 bridgehead atoms. The number of rotatable bonds is 1. The Bertz CT molecular complexity index is 951. The van der Waals surface area contributed by atoms with Gasteiger partial charge < -0.3 is 9.47 Å². The van der Waals surface area contributed by atoms with E-state index >= 15 is 0 Å². The maximum atomic E-state index is 9.34. The number of fused-ring (bicyclic) bond motifs is 2. The van der Waals surface area contributed by atoms with Gasteiger partial charge >= 0.3 is 0 Å². The van der Waals surface area contributed by atoms with Crippen LogP contribution in [0.3, 0.4) is 0 Å². The zero-order valence-electron chi connectivity index (χ0n) is 13.0. The van der Waals surface area contributed by atoms with Crippen LogP contribution in [0.4, 0.5) is 5.95 Å². The van der Waals surface area contributed by atoms with Gasteiger partial charge in [-0.25, -0.2) is 9.97 Å². The van der Waals surface area contributed by atoms with E-state index in [1.807, 2.05) is 24.7 Å². The van der Waals surface area contributed by atoms with E-state index in [0.717, 1.165) is 35.3 Å². The van der Waals surface area contributed by atoms with Gasteiger partial charge in [-0.15, -0.1) is 0 Å². The summed E-state index contributed by atoms with van der Waals surface area (Å²) in [5, 5.41) is 9.34. The highest BCUT2D eigenvalue weighted by Gasteiger charge is 2.22. The Morgan fingerprint density at radius 3 is 2.91 bits per heavy atom. The highest BCUT2D eigenvalue weighted by atomic mass is 15.3. The molecule has 0 fully saturated rings. The van der Waals surface area contributed by atoms with E-state index in [9.17, 15) is 5.26 Å². The Labute approximate surface area is 133 Å².